The zero-order chi connectivity index (χ0) is 27.5. The van der Waals surface area contributed by atoms with Crippen LogP contribution in [0.25, 0.3) is 20.3 Å². The molecule has 0 radical (unpaired) electrons. The molecule has 1 N–H and O–H groups in total. The molecule has 5 aromatic rings. The van der Waals surface area contributed by atoms with Crippen molar-refractivity contribution in [3.63, 3.8) is 0 Å². The Morgan fingerprint density at radius 1 is 1.03 bits per heavy atom. The highest BCUT2D eigenvalue weighted by molar-refractivity contribution is 7.25. The standard InChI is InChI=1S/C28H21ClFN3O5S/c1-36-27(34)23(28(35)37-2)16-6-8-19-22(11-16)39-26-24(19)25(31-14-32-26)33-18-7-9-21(20(29)12-18)38-13-15-4-3-5-17(30)10-15/h3-12,14,23H,13H2,1-2H3,(H,31,32,33). The van der Waals surface area contributed by atoms with Crippen molar-refractivity contribution in [2.75, 3.05) is 19.5 Å². The number of ether oxygens (including phenoxy) is 3. The van der Waals surface area contributed by atoms with Crippen molar-refractivity contribution in [2.45, 2.75) is 12.5 Å². The van der Waals surface area contributed by atoms with Gasteiger partial charge in [-0.3, -0.25) is 9.59 Å². The fourth-order valence-electron chi connectivity index (χ4n) is 4.12. The van der Waals surface area contributed by atoms with Gasteiger partial charge in [-0.1, -0.05) is 35.9 Å². The Balaban J connectivity index is 1.42. The lowest BCUT2D eigenvalue weighted by molar-refractivity contribution is -0.154. The van der Waals surface area contributed by atoms with Gasteiger partial charge in [0.2, 0.25) is 0 Å². The normalized spacial score (nSPS) is 11.1. The van der Waals surface area contributed by atoms with Crippen molar-refractivity contribution in [3.05, 3.63) is 89.0 Å². The molecule has 39 heavy (non-hydrogen) atoms. The van der Waals surface area contributed by atoms with Gasteiger partial charge in [-0.15, -0.1) is 11.3 Å². The minimum atomic E-state index is -1.19. The highest BCUT2D eigenvalue weighted by Crippen LogP contribution is 2.39. The average molecular weight is 566 g/mol. The molecule has 11 heteroatoms. The lowest BCUT2D eigenvalue weighted by Crippen LogP contribution is -2.24. The molecule has 5 rings (SSSR count). The SMILES string of the molecule is COC(=O)C(C(=O)OC)c1ccc2c(c1)sc1ncnc(Nc3ccc(OCc4cccc(F)c4)c(Cl)c3)c12. The van der Waals surface area contributed by atoms with E-state index in [1.54, 1.807) is 42.5 Å². The Morgan fingerprint density at radius 2 is 1.82 bits per heavy atom. The number of esters is 2. The number of halogens is 2. The Labute approximate surface area is 231 Å². The van der Waals surface area contributed by atoms with Crippen LogP contribution in [-0.4, -0.2) is 36.1 Å². The number of nitrogens with zero attached hydrogens (tertiary/aromatic N) is 2. The smallest absolute Gasteiger partial charge is 0.324 e. The van der Waals surface area contributed by atoms with Crippen LogP contribution >= 0.6 is 22.9 Å². The van der Waals surface area contributed by atoms with Gasteiger partial charge in [-0.25, -0.2) is 14.4 Å². The third-order valence-electron chi connectivity index (χ3n) is 5.98. The van der Waals surface area contributed by atoms with Crippen molar-refractivity contribution in [3.8, 4) is 5.75 Å². The zero-order valence-electron chi connectivity index (χ0n) is 20.7. The molecule has 0 fully saturated rings. The first-order valence-electron chi connectivity index (χ1n) is 11.6. The molecule has 0 aliphatic rings. The van der Waals surface area contributed by atoms with E-state index in [0.717, 1.165) is 15.5 Å². The number of methoxy groups -OCH3 is 2. The monoisotopic (exact) mass is 565 g/mol. The molecule has 0 saturated heterocycles. The van der Waals surface area contributed by atoms with E-state index in [1.807, 2.05) is 6.07 Å². The molecule has 0 aliphatic heterocycles. The molecule has 3 aromatic carbocycles. The summed E-state index contributed by atoms with van der Waals surface area (Å²) in [5.74, 6) is -1.92. The maximum atomic E-state index is 13.4. The van der Waals surface area contributed by atoms with Crippen LogP contribution in [0.5, 0.6) is 5.75 Å². The molecule has 0 bridgehead atoms. The maximum Gasteiger partial charge on any atom is 0.324 e. The molecule has 8 nitrogen and oxygen atoms in total. The molecular weight excluding hydrogens is 545 g/mol. The summed E-state index contributed by atoms with van der Waals surface area (Å²) < 4.78 is 29.6. The van der Waals surface area contributed by atoms with E-state index < -0.39 is 17.9 Å². The van der Waals surface area contributed by atoms with E-state index in [0.29, 0.717) is 38.2 Å². The number of carbonyl (C=O) groups is 2. The van der Waals surface area contributed by atoms with Gasteiger partial charge in [-0.05, 0) is 47.5 Å². The second-order valence-corrected chi connectivity index (χ2v) is 9.87. The summed E-state index contributed by atoms with van der Waals surface area (Å²) in [6, 6.07) is 16.7. The average Bonchev–Trinajstić information content (AvgIpc) is 3.31. The minimum Gasteiger partial charge on any atom is -0.487 e. The molecule has 2 aromatic heterocycles. The second-order valence-electron chi connectivity index (χ2n) is 8.43. The topological polar surface area (TPSA) is 99.6 Å². The zero-order valence-corrected chi connectivity index (χ0v) is 22.3. The molecule has 0 saturated carbocycles. The van der Waals surface area contributed by atoms with Crippen molar-refractivity contribution in [2.24, 2.45) is 0 Å². The van der Waals surface area contributed by atoms with Crippen LogP contribution < -0.4 is 10.1 Å². The van der Waals surface area contributed by atoms with Gasteiger partial charge in [0.25, 0.3) is 0 Å². The number of benzene rings is 3. The summed E-state index contributed by atoms with van der Waals surface area (Å²) in [6.07, 6.45) is 1.45. The van der Waals surface area contributed by atoms with E-state index >= 15 is 0 Å². The highest BCUT2D eigenvalue weighted by Gasteiger charge is 2.31. The predicted molar refractivity (Wildman–Crippen MR) is 147 cm³/mol. The first kappa shape index (κ1) is 26.3. The lowest BCUT2D eigenvalue weighted by atomic mass is 9.98. The quantitative estimate of drug-likeness (QED) is 0.171. The van der Waals surface area contributed by atoms with Crippen LogP contribution in [-0.2, 0) is 25.7 Å². The van der Waals surface area contributed by atoms with E-state index in [2.05, 4.69) is 15.3 Å². The number of fused-ring (bicyclic) bond motifs is 3. The van der Waals surface area contributed by atoms with Gasteiger partial charge in [0.15, 0.2) is 5.92 Å². The molecule has 198 valence electrons. The maximum absolute atomic E-state index is 13.4. The van der Waals surface area contributed by atoms with E-state index in [-0.39, 0.29) is 12.4 Å². The first-order valence-corrected chi connectivity index (χ1v) is 12.8. The number of carbonyl (C=O) groups excluding carboxylic acids is 2. The van der Waals surface area contributed by atoms with Crippen LogP contribution in [0.1, 0.15) is 17.0 Å². The highest BCUT2D eigenvalue weighted by atomic mass is 35.5. The van der Waals surface area contributed by atoms with Crippen LogP contribution in [0.15, 0.2) is 67.0 Å². The second kappa shape index (κ2) is 11.2. The first-order chi connectivity index (χ1) is 18.9. The number of thiophene rings is 1. The van der Waals surface area contributed by atoms with Gasteiger partial charge in [0.1, 0.15) is 35.1 Å². The molecule has 2 heterocycles. The van der Waals surface area contributed by atoms with Crippen LogP contribution in [0, 0.1) is 5.82 Å². The Bertz CT molecular complexity index is 1690. The lowest BCUT2D eigenvalue weighted by Gasteiger charge is -2.13. The Hall–Kier alpha value is -4.28. The summed E-state index contributed by atoms with van der Waals surface area (Å²) in [5.41, 5.74) is 1.81. The molecule has 0 aliphatic carbocycles. The minimum absolute atomic E-state index is 0.173. The molecule has 0 amide bonds. The van der Waals surface area contributed by atoms with Crippen molar-refractivity contribution < 1.29 is 28.2 Å². The summed E-state index contributed by atoms with van der Waals surface area (Å²) in [4.78, 5) is 34.1. The van der Waals surface area contributed by atoms with Gasteiger partial charge in [0.05, 0.1) is 24.6 Å². The summed E-state index contributed by atoms with van der Waals surface area (Å²) in [6.45, 7) is 0.173. The number of hydrogen-bond acceptors (Lipinski definition) is 9. The van der Waals surface area contributed by atoms with E-state index in [9.17, 15) is 14.0 Å². The number of rotatable bonds is 8. The third-order valence-corrected chi connectivity index (χ3v) is 7.34. The number of nitrogens with one attached hydrogen (secondary N) is 1. The largest absolute Gasteiger partial charge is 0.487 e. The van der Waals surface area contributed by atoms with Gasteiger partial charge < -0.3 is 19.5 Å². The van der Waals surface area contributed by atoms with Gasteiger partial charge >= 0.3 is 11.9 Å². The molecular formula is C28H21ClFN3O5S. The number of aromatic nitrogens is 2. The molecule has 0 spiro atoms. The Kier molecular flexibility index (Phi) is 7.58. The molecule has 0 atom stereocenters. The van der Waals surface area contributed by atoms with Crippen molar-refractivity contribution >= 4 is 66.7 Å². The van der Waals surface area contributed by atoms with E-state index in [4.69, 9.17) is 25.8 Å². The van der Waals surface area contributed by atoms with Gasteiger partial charge in [0, 0.05) is 15.8 Å². The number of hydrogen-bond donors (Lipinski definition) is 1. The van der Waals surface area contributed by atoms with Crippen molar-refractivity contribution in [1.29, 1.82) is 0 Å². The van der Waals surface area contributed by atoms with Crippen LogP contribution in [0.3, 0.4) is 0 Å². The fraction of sp³-hybridized carbons (Fsp3) is 0.143. The summed E-state index contributed by atoms with van der Waals surface area (Å²) in [7, 11) is 2.44. The number of anilines is 2. The summed E-state index contributed by atoms with van der Waals surface area (Å²) >= 11 is 7.86. The van der Waals surface area contributed by atoms with Crippen molar-refractivity contribution in [1.82, 2.24) is 9.97 Å². The third kappa shape index (κ3) is 5.47. The predicted octanol–water partition coefficient (Wildman–Crippen LogP) is 6.39. The van der Waals surface area contributed by atoms with E-state index in [1.165, 1.54) is 44.0 Å². The molecule has 0 unspecified atom stereocenters. The van der Waals surface area contributed by atoms with Crippen LogP contribution in [0.2, 0.25) is 5.02 Å². The fourth-order valence-corrected chi connectivity index (χ4v) is 5.45. The van der Waals surface area contributed by atoms with Crippen LogP contribution in [0.4, 0.5) is 15.9 Å². The Morgan fingerprint density at radius 3 is 2.54 bits per heavy atom. The van der Waals surface area contributed by atoms with Gasteiger partial charge in [-0.2, -0.15) is 0 Å². The summed E-state index contributed by atoms with van der Waals surface area (Å²) in [5, 5.41) is 5.28.